The third-order valence-corrected chi connectivity index (χ3v) is 4.63. The highest BCUT2D eigenvalue weighted by Gasteiger charge is 2.24. The molecule has 1 aliphatic heterocycles. The number of anilines is 1. The van der Waals surface area contributed by atoms with Gasteiger partial charge in [-0.1, -0.05) is 18.6 Å². The van der Waals surface area contributed by atoms with Crippen molar-refractivity contribution in [3.05, 3.63) is 29.3 Å². The normalized spacial score (nSPS) is 25.9. The Morgan fingerprint density at radius 2 is 2.26 bits per heavy atom. The molecule has 1 saturated carbocycles. The highest BCUT2D eigenvalue weighted by Crippen LogP contribution is 2.27. The maximum absolute atomic E-state index is 9.80. The summed E-state index contributed by atoms with van der Waals surface area (Å²) in [6, 6.07) is 6.79. The minimum absolute atomic E-state index is 0.0822. The van der Waals surface area contributed by atoms with Crippen molar-refractivity contribution in [2.75, 3.05) is 25.0 Å². The smallest absolute Gasteiger partial charge is 0.0580 e. The lowest BCUT2D eigenvalue weighted by atomic mass is 10.1. The van der Waals surface area contributed by atoms with Gasteiger partial charge in [0.1, 0.15) is 0 Å². The summed E-state index contributed by atoms with van der Waals surface area (Å²) < 4.78 is 0. The number of likely N-dealkylation sites (N-methyl/N-ethyl adjacent to an activating group) is 1. The van der Waals surface area contributed by atoms with Gasteiger partial charge in [-0.25, -0.2) is 0 Å². The molecule has 0 amide bonds. The molecule has 2 aliphatic rings. The summed E-state index contributed by atoms with van der Waals surface area (Å²) in [5.41, 5.74) is 4.22. The van der Waals surface area contributed by atoms with Crippen molar-refractivity contribution < 1.29 is 5.11 Å². The molecular weight excluding hydrogens is 236 g/mol. The molecule has 3 rings (SSSR count). The Balaban J connectivity index is 1.53. The zero-order valence-electron chi connectivity index (χ0n) is 11.7. The molecule has 0 saturated heterocycles. The molecule has 0 radical (unpaired) electrons. The summed E-state index contributed by atoms with van der Waals surface area (Å²) in [5.74, 6) is 0.459. The molecule has 2 N–H and O–H groups in total. The van der Waals surface area contributed by atoms with Gasteiger partial charge in [-0.05, 0) is 42.4 Å². The lowest BCUT2D eigenvalue weighted by Crippen LogP contribution is -2.27. The Morgan fingerprint density at radius 3 is 3.05 bits per heavy atom. The topological polar surface area (TPSA) is 35.5 Å². The fourth-order valence-corrected chi connectivity index (χ4v) is 3.39. The van der Waals surface area contributed by atoms with E-state index in [9.17, 15) is 5.11 Å². The summed E-state index contributed by atoms with van der Waals surface area (Å²) in [6.07, 6.45) is 4.42. The van der Waals surface area contributed by atoms with E-state index in [2.05, 4.69) is 35.5 Å². The van der Waals surface area contributed by atoms with E-state index in [-0.39, 0.29) is 6.10 Å². The lowest BCUT2D eigenvalue weighted by Gasteiger charge is -2.16. The van der Waals surface area contributed by atoms with E-state index in [0.717, 1.165) is 26.1 Å². The van der Waals surface area contributed by atoms with Gasteiger partial charge in [-0.3, -0.25) is 0 Å². The van der Waals surface area contributed by atoms with Crippen LogP contribution in [0.2, 0.25) is 0 Å². The predicted octanol–water partition coefficient (Wildman–Crippen LogP) is 1.93. The van der Waals surface area contributed by atoms with Crippen molar-refractivity contribution in [3.63, 3.8) is 0 Å². The molecule has 0 bridgehead atoms. The molecule has 0 aromatic heterocycles. The standard InChI is InChI=1S/C16H24N2O/c1-18-8-7-13-9-12(5-6-15(13)18)10-17-11-14-3-2-4-16(14)19/h5-6,9,14,16-17,19H,2-4,7-8,10-11H2,1H3. The number of nitrogens with one attached hydrogen (secondary N) is 1. The number of nitrogens with zero attached hydrogens (tertiary/aromatic N) is 1. The SMILES string of the molecule is CN1CCc2cc(CNCC3CCCC3O)ccc21. The van der Waals surface area contributed by atoms with E-state index in [0.29, 0.717) is 5.92 Å². The maximum atomic E-state index is 9.80. The van der Waals surface area contributed by atoms with Crippen LogP contribution in [0, 0.1) is 5.92 Å². The Hall–Kier alpha value is -1.06. The molecule has 104 valence electrons. The fourth-order valence-electron chi connectivity index (χ4n) is 3.39. The summed E-state index contributed by atoms with van der Waals surface area (Å²) in [5, 5.41) is 13.3. The van der Waals surface area contributed by atoms with Gasteiger partial charge in [-0.15, -0.1) is 0 Å². The van der Waals surface area contributed by atoms with E-state index in [1.807, 2.05) is 0 Å². The minimum atomic E-state index is -0.0822. The number of hydrogen-bond acceptors (Lipinski definition) is 3. The Morgan fingerprint density at radius 1 is 1.37 bits per heavy atom. The van der Waals surface area contributed by atoms with Crippen LogP contribution in [0.4, 0.5) is 5.69 Å². The fraction of sp³-hybridized carbons (Fsp3) is 0.625. The van der Waals surface area contributed by atoms with E-state index >= 15 is 0 Å². The molecule has 2 unspecified atom stereocenters. The number of rotatable bonds is 4. The highest BCUT2D eigenvalue weighted by molar-refractivity contribution is 5.58. The van der Waals surface area contributed by atoms with Crippen molar-refractivity contribution in [3.8, 4) is 0 Å². The van der Waals surface area contributed by atoms with E-state index < -0.39 is 0 Å². The second-order valence-corrected chi connectivity index (χ2v) is 6.02. The predicted molar refractivity (Wildman–Crippen MR) is 78.5 cm³/mol. The zero-order valence-corrected chi connectivity index (χ0v) is 11.7. The first kappa shape index (κ1) is 12.9. The Kier molecular flexibility index (Phi) is 3.76. The van der Waals surface area contributed by atoms with Gasteiger partial charge in [0.05, 0.1) is 6.10 Å². The molecule has 3 heteroatoms. The Bertz CT molecular complexity index is 446. The lowest BCUT2D eigenvalue weighted by molar-refractivity contribution is 0.131. The largest absolute Gasteiger partial charge is 0.393 e. The molecule has 0 spiro atoms. The van der Waals surface area contributed by atoms with Crippen LogP contribution in [0.15, 0.2) is 18.2 Å². The second-order valence-electron chi connectivity index (χ2n) is 6.02. The van der Waals surface area contributed by atoms with Crippen molar-refractivity contribution in [1.29, 1.82) is 0 Å². The second kappa shape index (κ2) is 5.51. The van der Waals surface area contributed by atoms with Crippen LogP contribution in [0.5, 0.6) is 0 Å². The average Bonchev–Trinajstić information content (AvgIpc) is 2.97. The van der Waals surface area contributed by atoms with Gasteiger partial charge >= 0.3 is 0 Å². The third kappa shape index (κ3) is 2.77. The van der Waals surface area contributed by atoms with Crippen LogP contribution in [-0.4, -0.2) is 31.3 Å². The number of fused-ring (bicyclic) bond motifs is 1. The zero-order chi connectivity index (χ0) is 13.2. The summed E-state index contributed by atoms with van der Waals surface area (Å²) >= 11 is 0. The molecule has 19 heavy (non-hydrogen) atoms. The number of benzene rings is 1. The van der Waals surface area contributed by atoms with E-state index in [1.165, 1.54) is 36.1 Å². The number of hydrogen-bond donors (Lipinski definition) is 2. The first-order chi connectivity index (χ1) is 9.24. The summed E-state index contributed by atoms with van der Waals surface area (Å²) in [6.45, 7) is 3.00. The van der Waals surface area contributed by atoms with Crippen LogP contribution in [0.1, 0.15) is 30.4 Å². The number of aliphatic hydroxyl groups is 1. The molecule has 1 aliphatic carbocycles. The molecule has 1 fully saturated rings. The highest BCUT2D eigenvalue weighted by atomic mass is 16.3. The van der Waals surface area contributed by atoms with Gasteiger partial charge in [0.2, 0.25) is 0 Å². The van der Waals surface area contributed by atoms with Crippen LogP contribution in [-0.2, 0) is 13.0 Å². The quantitative estimate of drug-likeness (QED) is 0.868. The maximum Gasteiger partial charge on any atom is 0.0580 e. The first-order valence-corrected chi connectivity index (χ1v) is 7.46. The van der Waals surface area contributed by atoms with Crippen LogP contribution >= 0.6 is 0 Å². The van der Waals surface area contributed by atoms with Gasteiger partial charge in [0, 0.05) is 32.4 Å². The van der Waals surface area contributed by atoms with Gasteiger partial charge in [-0.2, -0.15) is 0 Å². The molecule has 3 nitrogen and oxygen atoms in total. The van der Waals surface area contributed by atoms with Crippen molar-refractivity contribution in [2.45, 2.75) is 38.3 Å². The van der Waals surface area contributed by atoms with Gasteiger partial charge in [0.25, 0.3) is 0 Å². The van der Waals surface area contributed by atoms with Gasteiger partial charge < -0.3 is 15.3 Å². The molecule has 1 heterocycles. The molecule has 1 aromatic rings. The van der Waals surface area contributed by atoms with Gasteiger partial charge in [0.15, 0.2) is 0 Å². The molecule has 2 atom stereocenters. The monoisotopic (exact) mass is 260 g/mol. The van der Waals surface area contributed by atoms with E-state index in [1.54, 1.807) is 0 Å². The van der Waals surface area contributed by atoms with Crippen LogP contribution in [0.25, 0.3) is 0 Å². The summed E-state index contributed by atoms with van der Waals surface area (Å²) in [7, 11) is 2.16. The average molecular weight is 260 g/mol. The molecular formula is C16H24N2O. The van der Waals surface area contributed by atoms with E-state index in [4.69, 9.17) is 0 Å². The van der Waals surface area contributed by atoms with Crippen LogP contribution in [0.3, 0.4) is 0 Å². The molecule has 1 aromatic carbocycles. The van der Waals surface area contributed by atoms with Crippen molar-refractivity contribution >= 4 is 5.69 Å². The Labute approximate surface area is 115 Å². The first-order valence-electron chi connectivity index (χ1n) is 7.46. The number of aliphatic hydroxyl groups excluding tert-OH is 1. The summed E-state index contributed by atoms with van der Waals surface area (Å²) in [4.78, 5) is 2.32. The van der Waals surface area contributed by atoms with Crippen molar-refractivity contribution in [1.82, 2.24) is 5.32 Å². The van der Waals surface area contributed by atoms with Crippen LogP contribution < -0.4 is 10.2 Å². The van der Waals surface area contributed by atoms with Crippen molar-refractivity contribution in [2.24, 2.45) is 5.92 Å². The third-order valence-electron chi connectivity index (χ3n) is 4.63. The minimum Gasteiger partial charge on any atom is -0.393 e.